The molecule has 1 aromatic carbocycles. The SMILES string of the molecule is CCC(=O)NCC(c1ccc(C)cc1)N1CCN(C)CC1. The van der Waals surface area contributed by atoms with E-state index in [2.05, 4.69) is 53.4 Å². The Bertz CT molecular complexity index is 450. The number of nitrogens with zero attached hydrogens (tertiary/aromatic N) is 2. The normalized spacial score (nSPS) is 18.4. The molecule has 2 rings (SSSR count). The van der Waals surface area contributed by atoms with Gasteiger partial charge in [-0.1, -0.05) is 36.8 Å². The van der Waals surface area contributed by atoms with Crippen LogP contribution in [0.5, 0.6) is 0 Å². The van der Waals surface area contributed by atoms with Gasteiger partial charge in [0.2, 0.25) is 5.91 Å². The van der Waals surface area contributed by atoms with Gasteiger partial charge in [-0.05, 0) is 19.5 Å². The fourth-order valence-electron chi connectivity index (χ4n) is 2.72. The minimum Gasteiger partial charge on any atom is -0.354 e. The van der Waals surface area contributed by atoms with E-state index in [1.54, 1.807) is 0 Å². The van der Waals surface area contributed by atoms with Crippen molar-refractivity contribution in [3.05, 3.63) is 35.4 Å². The topological polar surface area (TPSA) is 35.6 Å². The third kappa shape index (κ3) is 4.55. The fraction of sp³-hybridized carbons (Fsp3) is 0.588. The molecule has 0 spiro atoms. The van der Waals surface area contributed by atoms with Crippen molar-refractivity contribution in [2.75, 3.05) is 39.8 Å². The minimum absolute atomic E-state index is 0.126. The van der Waals surface area contributed by atoms with Gasteiger partial charge in [0.05, 0.1) is 6.04 Å². The molecule has 0 aromatic heterocycles. The van der Waals surface area contributed by atoms with Crippen LogP contribution in [-0.2, 0) is 4.79 Å². The number of piperazine rings is 1. The second-order valence-electron chi connectivity index (χ2n) is 5.92. The highest BCUT2D eigenvalue weighted by Gasteiger charge is 2.24. The first kappa shape index (κ1) is 16.0. The Morgan fingerprint density at radius 2 is 1.81 bits per heavy atom. The van der Waals surface area contributed by atoms with Crippen LogP contribution in [0.4, 0.5) is 0 Å². The lowest BCUT2D eigenvalue weighted by molar-refractivity contribution is -0.121. The molecule has 0 bridgehead atoms. The highest BCUT2D eigenvalue weighted by molar-refractivity contribution is 5.75. The summed E-state index contributed by atoms with van der Waals surface area (Å²) in [4.78, 5) is 16.4. The minimum atomic E-state index is 0.126. The number of aryl methyl sites for hydroxylation is 1. The molecule has 1 aliphatic rings. The summed E-state index contributed by atoms with van der Waals surface area (Å²) in [6.45, 7) is 8.97. The average Bonchev–Trinajstić information content (AvgIpc) is 2.50. The summed E-state index contributed by atoms with van der Waals surface area (Å²) in [5.74, 6) is 0.126. The highest BCUT2D eigenvalue weighted by Crippen LogP contribution is 2.22. The highest BCUT2D eigenvalue weighted by atomic mass is 16.1. The van der Waals surface area contributed by atoms with Crippen molar-refractivity contribution in [3.63, 3.8) is 0 Å². The van der Waals surface area contributed by atoms with Gasteiger partial charge in [-0.3, -0.25) is 9.69 Å². The van der Waals surface area contributed by atoms with Crippen LogP contribution in [0.25, 0.3) is 0 Å². The van der Waals surface area contributed by atoms with E-state index >= 15 is 0 Å². The Morgan fingerprint density at radius 3 is 2.38 bits per heavy atom. The van der Waals surface area contributed by atoms with Gasteiger partial charge in [0, 0.05) is 39.1 Å². The molecule has 1 saturated heterocycles. The molecule has 1 heterocycles. The van der Waals surface area contributed by atoms with Crippen LogP contribution >= 0.6 is 0 Å². The molecule has 21 heavy (non-hydrogen) atoms. The molecule has 1 aromatic rings. The van der Waals surface area contributed by atoms with Crippen molar-refractivity contribution in [3.8, 4) is 0 Å². The molecule has 1 N–H and O–H groups in total. The summed E-state index contributed by atoms with van der Waals surface area (Å²) in [5, 5.41) is 3.06. The van der Waals surface area contributed by atoms with Crippen LogP contribution < -0.4 is 5.32 Å². The van der Waals surface area contributed by atoms with Crippen LogP contribution in [0.15, 0.2) is 24.3 Å². The van der Waals surface area contributed by atoms with Crippen LogP contribution in [0.1, 0.15) is 30.5 Å². The molecule has 4 heteroatoms. The maximum absolute atomic E-state index is 11.6. The Kier molecular flexibility index (Phi) is 5.76. The average molecular weight is 289 g/mol. The molecule has 4 nitrogen and oxygen atoms in total. The third-order valence-corrected chi connectivity index (χ3v) is 4.25. The van der Waals surface area contributed by atoms with E-state index in [1.165, 1.54) is 11.1 Å². The molecule has 0 saturated carbocycles. The molecule has 1 aliphatic heterocycles. The second-order valence-corrected chi connectivity index (χ2v) is 5.92. The molecule has 0 aliphatic carbocycles. The second kappa shape index (κ2) is 7.57. The number of carbonyl (C=O) groups excluding carboxylic acids is 1. The van der Waals surface area contributed by atoms with Gasteiger partial charge in [0.25, 0.3) is 0 Å². The Labute approximate surface area is 128 Å². The number of hydrogen-bond acceptors (Lipinski definition) is 3. The van der Waals surface area contributed by atoms with E-state index in [1.807, 2.05) is 6.92 Å². The molecule has 1 atom stereocenters. The Morgan fingerprint density at radius 1 is 1.19 bits per heavy atom. The van der Waals surface area contributed by atoms with E-state index in [0.717, 1.165) is 26.2 Å². The molecular weight excluding hydrogens is 262 g/mol. The van der Waals surface area contributed by atoms with Crippen LogP contribution in [0, 0.1) is 6.92 Å². The summed E-state index contributed by atoms with van der Waals surface area (Å²) in [6.07, 6.45) is 0.545. The maximum atomic E-state index is 11.6. The van der Waals surface area contributed by atoms with Crippen molar-refractivity contribution in [1.82, 2.24) is 15.1 Å². The smallest absolute Gasteiger partial charge is 0.219 e. The number of rotatable bonds is 5. The summed E-state index contributed by atoms with van der Waals surface area (Å²) in [5.41, 5.74) is 2.56. The summed E-state index contributed by atoms with van der Waals surface area (Å²) < 4.78 is 0. The fourth-order valence-corrected chi connectivity index (χ4v) is 2.72. The lowest BCUT2D eigenvalue weighted by Gasteiger charge is -2.38. The summed E-state index contributed by atoms with van der Waals surface area (Å²) in [7, 11) is 2.16. The van der Waals surface area contributed by atoms with Crippen molar-refractivity contribution in [1.29, 1.82) is 0 Å². The first-order chi connectivity index (χ1) is 10.1. The van der Waals surface area contributed by atoms with Crippen molar-refractivity contribution in [2.45, 2.75) is 26.3 Å². The van der Waals surface area contributed by atoms with Gasteiger partial charge in [0.1, 0.15) is 0 Å². The third-order valence-electron chi connectivity index (χ3n) is 4.25. The van der Waals surface area contributed by atoms with Gasteiger partial charge < -0.3 is 10.2 Å². The van der Waals surface area contributed by atoms with E-state index in [4.69, 9.17) is 0 Å². The molecule has 116 valence electrons. The zero-order valence-corrected chi connectivity index (χ0v) is 13.4. The lowest BCUT2D eigenvalue weighted by Crippen LogP contribution is -2.48. The van der Waals surface area contributed by atoms with E-state index in [-0.39, 0.29) is 11.9 Å². The van der Waals surface area contributed by atoms with Gasteiger partial charge in [-0.15, -0.1) is 0 Å². The first-order valence-corrected chi connectivity index (χ1v) is 7.86. The van der Waals surface area contributed by atoms with Crippen LogP contribution in [-0.4, -0.2) is 55.5 Å². The van der Waals surface area contributed by atoms with Gasteiger partial charge >= 0.3 is 0 Å². The summed E-state index contributed by atoms with van der Waals surface area (Å²) >= 11 is 0. The van der Waals surface area contributed by atoms with E-state index < -0.39 is 0 Å². The Hall–Kier alpha value is -1.39. The lowest BCUT2D eigenvalue weighted by atomic mass is 10.0. The predicted molar refractivity (Wildman–Crippen MR) is 86.3 cm³/mol. The van der Waals surface area contributed by atoms with Gasteiger partial charge in [-0.25, -0.2) is 0 Å². The predicted octanol–water partition coefficient (Wildman–Crippen LogP) is 1.81. The standard InChI is InChI=1S/C17H27N3O/c1-4-17(21)18-13-16(15-7-5-14(2)6-8-15)20-11-9-19(3)10-12-20/h5-8,16H,4,9-13H2,1-3H3,(H,18,21). The molecule has 1 fully saturated rings. The van der Waals surface area contributed by atoms with Crippen molar-refractivity contribution < 1.29 is 4.79 Å². The molecule has 1 amide bonds. The largest absolute Gasteiger partial charge is 0.354 e. The van der Waals surface area contributed by atoms with Crippen molar-refractivity contribution >= 4 is 5.91 Å². The number of hydrogen-bond donors (Lipinski definition) is 1. The summed E-state index contributed by atoms with van der Waals surface area (Å²) in [6, 6.07) is 8.96. The monoisotopic (exact) mass is 289 g/mol. The zero-order chi connectivity index (χ0) is 15.2. The van der Waals surface area contributed by atoms with Crippen LogP contribution in [0.3, 0.4) is 0 Å². The van der Waals surface area contributed by atoms with E-state index in [9.17, 15) is 4.79 Å². The first-order valence-electron chi connectivity index (χ1n) is 7.86. The molecular formula is C17H27N3O. The number of carbonyl (C=O) groups is 1. The quantitative estimate of drug-likeness (QED) is 0.898. The Balaban J connectivity index is 2.09. The number of nitrogens with one attached hydrogen (secondary N) is 1. The van der Waals surface area contributed by atoms with Crippen LogP contribution in [0.2, 0.25) is 0 Å². The zero-order valence-electron chi connectivity index (χ0n) is 13.4. The molecule has 1 unspecified atom stereocenters. The molecule has 0 radical (unpaired) electrons. The van der Waals surface area contributed by atoms with Gasteiger partial charge in [-0.2, -0.15) is 0 Å². The maximum Gasteiger partial charge on any atom is 0.219 e. The van der Waals surface area contributed by atoms with Gasteiger partial charge in [0.15, 0.2) is 0 Å². The van der Waals surface area contributed by atoms with Crippen molar-refractivity contribution in [2.24, 2.45) is 0 Å². The number of amides is 1. The van der Waals surface area contributed by atoms with E-state index in [0.29, 0.717) is 13.0 Å². The number of likely N-dealkylation sites (N-methyl/N-ethyl adjacent to an activating group) is 1. The number of benzene rings is 1.